The highest BCUT2D eigenvalue weighted by Gasteiger charge is 2.13. The predicted octanol–water partition coefficient (Wildman–Crippen LogP) is 1.01. The lowest BCUT2D eigenvalue weighted by Gasteiger charge is -2.06. The molecule has 2 heterocycles. The number of rotatable bonds is 2. The first kappa shape index (κ1) is 9.17. The maximum absolute atomic E-state index is 5.77. The van der Waals surface area contributed by atoms with Crippen LogP contribution in [0.3, 0.4) is 0 Å². The molecule has 0 spiro atoms. The van der Waals surface area contributed by atoms with Gasteiger partial charge >= 0.3 is 0 Å². The first-order valence-corrected chi connectivity index (χ1v) is 4.96. The van der Waals surface area contributed by atoms with Gasteiger partial charge in [-0.25, -0.2) is 9.97 Å². The molecule has 0 aliphatic heterocycles. The van der Waals surface area contributed by atoms with E-state index in [1.807, 2.05) is 6.92 Å². The predicted molar refractivity (Wildman–Crippen MR) is 53.5 cm³/mol. The highest BCUT2D eigenvalue weighted by atomic mass is 32.1. The molecule has 0 fully saturated rings. The van der Waals surface area contributed by atoms with Crippen molar-refractivity contribution in [2.45, 2.75) is 13.0 Å². The molecule has 0 aromatic carbocycles. The third-order valence-corrected chi connectivity index (χ3v) is 2.21. The van der Waals surface area contributed by atoms with Crippen LogP contribution >= 0.6 is 11.5 Å². The molecule has 6 heteroatoms. The fourth-order valence-corrected chi connectivity index (χ4v) is 1.56. The first-order chi connectivity index (χ1) is 6.79. The molecule has 0 saturated heterocycles. The lowest BCUT2D eigenvalue weighted by atomic mass is 10.2. The van der Waals surface area contributed by atoms with Gasteiger partial charge in [-0.3, -0.25) is 4.98 Å². The van der Waals surface area contributed by atoms with Crippen molar-refractivity contribution in [2.75, 3.05) is 0 Å². The third-order valence-electron chi connectivity index (χ3n) is 1.73. The van der Waals surface area contributed by atoms with Gasteiger partial charge in [-0.1, -0.05) is 0 Å². The van der Waals surface area contributed by atoms with E-state index in [9.17, 15) is 0 Å². The van der Waals surface area contributed by atoms with Crippen molar-refractivity contribution in [3.63, 3.8) is 0 Å². The average Bonchev–Trinajstić information content (AvgIpc) is 2.70. The molecule has 72 valence electrons. The molecule has 0 saturated carbocycles. The fourth-order valence-electron chi connectivity index (χ4n) is 1.13. The Kier molecular flexibility index (Phi) is 2.47. The van der Waals surface area contributed by atoms with Gasteiger partial charge < -0.3 is 5.73 Å². The molecule has 0 aliphatic carbocycles. The summed E-state index contributed by atoms with van der Waals surface area (Å²) in [6.07, 6.45) is 3.23. The van der Waals surface area contributed by atoms with Crippen molar-refractivity contribution in [1.29, 1.82) is 0 Å². The third kappa shape index (κ3) is 1.61. The van der Waals surface area contributed by atoms with Crippen molar-refractivity contribution >= 4 is 11.5 Å². The van der Waals surface area contributed by atoms with Gasteiger partial charge in [0.2, 0.25) is 0 Å². The van der Waals surface area contributed by atoms with Crippen molar-refractivity contribution < 1.29 is 0 Å². The van der Waals surface area contributed by atoms with E-state index in [2.05, 4.69) is 19.3 Å². The highest BCUT2D eigenvalue weighted by Crippen LogP contribution is 2.19. The minimum absolute atomic E-state index is 0.165. The summed E-state index contributed by atoms with van der Waals surface area (Å²) in [4.78, 5) is 12.4. The Bertz CT molecular complexity index is 411. The molecular weight excluding hydrogens is 198 g/mol. The van der Waals surface area contributed by atoms with Gasteiger partial charge in [0.05, 0.1) is 5.69 Å². The SMILES string of the molecule is CC(N)c1nccnc1-c1ncsn1. The molecule has 5 nitrogen and oxygen atoms in total. The Labute approximate surface area is 85.2 Å². The van der Waals surface area contributed by atoms with Crippen LogP contribution in [0.1, 0.15) is 18.7 Å². The van der Waals surface area contributed by atoms with E-state index in [0.717, 1.165) is 5.69 Å². The van der Waals surface area contributed by atoms with E-state index < -0.39 is 0 Å². The minimum atomic E-state index is -0.165. The van der Waals surface area contributed by atoms with E-state index in [4.69, 9.17) is 5.73 Å². The zero-order valence-corrected chi connectivity index (χ0v) is 8.40. The number of nitrogens with zero attached hydrogens (tertiary/aromatic N) is 4. The second kappa shape index (κ2) is 3.77. The normalized spacial score (nSPS) is 12.7. The molecule has 2 N–H and O–H groups in total. The minimum Gasteiger partial charge on any atom is -0.323 e. The zero-order chi connectivity index (χ0) is 9.97. The molecule has 1 atom stereocenters. The van der Waals surface area contributed by atoms with E-state index in [-0.39, 0.29) is 6.04 Å². The smallest absolute Gasteiger partial charge is 0.193 e. The zero-order valence-electron chi connectivity index (χ0n) is 7.58. The van der Waals surface area contributed by atoms with Crippen LogP contribution in [0.2, 0.25) is 0 Å². The second-order valence-corrected chi connectivity index (χ2v) is 3.44. The molecule has 2 rings (SSSR count). The number of hydrogen-bond acceptors (Lipinski definition) is 6. The van der Waals surface area contributed by atoms with Gasteiger partial charge in [0.1, 0.15) is 11.2 Å². The summed E-state index contributed by atoms with van der Waals surface area (Å²) in [5.41, 5.74) is 8.83. The van der Waals surface area contributed by atoms with Crippen molar-refractivity contribution in [1.82, 2.24) is 19.3 Å². The van der Waals surface area contributed by atoms with Gasteiger partial charge in [0, 0.05) is 18.4 Å². The molecule has 0 amide bonds. The number of nitrogens with two attached hydrogens (primary N) is 1. The molecule has 1 unspecified atom stereocenters. The van der Waals surface area contributed by atoms with E-state index in [1.165, 1.54) is 11.5 Å². The van der Waals surface area contributed by atoms with Gasteiger partial charge in [-0.15, -0.1) is 0 Å². The molecule has 2 aromatic heterocycles. The second-order valence-electron chi connectivity index (χ2n) is 2.83. The monoisotopic (exact) mass is 207 g/mol. The van der Waals surface area contributed by atoms with Crippen LogP contribution in [0, 0.1) is 0 Å². The Hall–Kier alpha value is -1.40. The topological polar surface area (TPSA) is 77.6 Å². The quantitative estimate of drug-likeness (QED) is 0.795. The maximum atomic E-state index is 5.77. The van der Waals surface area contributed by atoms with Crippen molar-refractivity contribution in [3.8, 4) is 11.5 Å². The number of aromatic nitrogens is 4. The van der Waals surface area contributed by atoms with Gasteiger partial charge in [0.25, 0.3) is 0 Å². The molecular formula is C8H9N5S. The summed E-state index contributed by atoms with van der Waals surface area (Å²) < 4.78 is 4.10. The van der Waals surface area contributed by atoms with Gasteiger partial charge in [0.15, 0.2) is 5.82 Å². The van der Waals surface area contributed by atoms with E-state index in [0.29, 0.717) is 11.5 Å². The lowest BCUT2D eigenvalue weighted by Crippen LogP contribution is -2.10. The maximum Gasteiger partial charge on any atom is 0.193 e. The number of hydrogen-bond donors (Lipinski definition) is 1. The summed E-state index contributed by atoms with van der Waals surface area (Å²) in [5.74, 6) is 0.593. The summed E-state index contributed by atoms with van der Waals surface area (Å²) >= 11 is 1.29. The Balaban J connectivity index is 2.53. The largest absolute Gasteiger partial charge is 0.323 e. The van der Waals surface area contributed by atoms with Crippen LogP contribution in [0.5, 0.6) is 0 Å². The Morgan fingerprint density at radius 2 is 2.07 bits per heavy atom. The molecule has 0 bridgehead atoms. The molecule has 14 heavy (non-hydrogen) atoms. The van der Waals surface area contributed by atoms with Crippen molar-refractivity contribution in [2.24, 2.45) is 5.73 Å². The molecule has 2 aromatic rings. The lowest BCUT2D eigenvalue weighted by molar-refractivity contribution is 0.774. The highest BCUT2D eigenvalue weighted by molar-refractivity contribution is 7.03. The Morgan fingerprint density at radius 3 is 2.71 bits per heavy atom. The standard InChI is InChI=1S/C8H9N5S/c1-5(9)6-7(11-3-2-10-6)8-12-4-14-13-8/h2-5H,9H2,1H3. The van der Waals surface area contributed by atoms with Gasteiger partial charge in [-0.2, -0.15) is 4.37 Å². The van der Waals surface area contributed by atoms with Crippen LogP contribution < -0.4 is 5.73 Å². The van der Waals surface area contributed by atoms with Crippen LogP contribution in [0.4, 0.5) is 0 Å². The van der Waals surface area contributed by atoms with Crippen LogP contribution in [0.15, 0.2) is 17.9 Å². The van der Waals surface area contributed by atoms with E-state index >= 15 is 0 Å². The summed E-state index contributed by atoms with van der Waals surface area (Å²) in [7, 11) is 0. The van der Waals surface area contributed by atoms with E-state index in [1.54, 1.807) is 17.9 Å². The molecule has 0 radical (unpaired) electrons. The summed E-state index contributed by atoms with van der Waals surface area (Å²) in [6.45, 7) is 1.86. The van der Waals surface area contributed by atoms with Crippen LogP contribution in [0.25, 0.3) is 11.5 Å². The summed E-state index contributed by atoms with van der Waals surface area (Å²) in [5, 5.41) is 0. The Morgan fingerprint density at radius 1 is 1.29 bits per heavy atom. The molecule has 0 aliphatic rings. The summed E-state index contributed by atoms with van der Waals surface area (Å²) in [6, 6.07) is -0.165. The fraction of sp³-hybridized carbons (Fsp3) is 0.250. The van der Waals surface area contributed by atoms with Crippen molar-refractivity contribution in [3.05, 3.63) is 23.6 Å². The average molecular weight is 207 g/mol. The van der Waals surface area contributed by atoms with Crippen LogP contribution in [-0.4, -0.2) is 19.3 Å². The first-order valence-electron chi connectivity index (χ1n) is 4.12. The van der Waals surface area contributed by atoms with Crippen LogP contribution in [-0.2, 0) is 0 Å². The van der Waals surface area contributed by atoms with Gasteiger partial charge in [-0.05, 0) is 18.5 Å².